The predicted octanol–water partition coefficient (Wildman–Crippen LogP) is 2.83. The van der Waals surface area contributed by atoms with Crippen LogP contribution in [0.1, 0.15) is 32.1 Å². The maximum Gasteiger partial charge on any atom is 0.321 e. The van der Waals surface area contributed by atoms with Crippen molar-refractivity contribution in [2.24, 2.45) is 0 Å². The number of hydrogen-bond acceptors (Lipinski definition) is 6. The molecule has 0 aliphatic heterocycles. The lowest BCUT2D eigenvalue weighted by Gasteiger charge is -2.13. The van der Waals surface area contributed by atoms with Gasteiger partial charge in [-0.05, 0) is 56.4 Å². The van der Waals surface area contributed by atoms with Crippen molar-refractivity contribution < 1.29 is 18.7 Å². The van der Waals surface area contributed by atoms with E-state index in [1.54, 1.807) is 24.3 Å². The summed E-state index contributed by atoms with van der Waals surface area (Å²) in [4.78, 5) is 23.5. The number of benzene rings is 1. The first-order valence-corrected chi connectivity index (χ1v) is 8.96. The standard InChI is InChI=1S/C19H22N4O4/c24-17(22-19(25)20-11-10-14-4-2-1-3-5-14)12-26-16-8-6-15(7-9-16)18-23-21-13-27-18/h4,6-9,13H,1-3,5,10-12H2,(H2,20,22,24,25). The van der Waals surface area contributed by atoms with E-state index in [1.165, 1.54) is 24.8 Å². The van der Waals surface area contributed by atoms with Gasteiger partial charge in [0.15, 0.2) is 6.61 Å². The number of ether oxygens (including phenoxy) is 1. The number of carbonyl (C=O) groups excluding carboxylic acids is 2. The van der Waals surface area contributed by atoms with Crippen LogP contribution < -0.4 is 15.4 Å². The molecule has 0 radical (unpaired) electrons. The number of hydrogen-bond donors (Lipinski definition) is 2. The summed E-state index contributed by atoms with van der Waals surface area (Å²) in [5.41, 5.74) is 2.12. The van der Waals surface area contributed by atoms with Crippen molar-refractivity contribution in [1.82, 2.24) is 20.8 Å². The monoisotopic (exact) mass is 370 g/mol. The highest BCUT2D eigenvalue weighted by Crippen LogP contribution is 2.20. The maximum absolute atomic E-state index is 11.8. The highest BCUT2D eigenvalue weighted by molar-refractivity contribution is 5.95. The van der Waals surface area contributed by atoms with E-state index in [2.05, 4.69) is 26.9 Å². The first-order valence-electron chi connectivity index (χ1n) is 8.96. The minimum atomic E-state index is -0.509. The largest absolute Gasteiger partial charge is 0.484 e. The quantitative estimate of drug-likeness (QED) is 0.726. The van der Waals surface area contributed by atoms with Crippen LogP contribution in [0.5, 0.6) is 5.75 Å². The molecule has 8 nitrogen and oxygen atoms in total. The Hall–Kier alpha value is -3.16. The number of amides is 3. The lowest BCUT2D eigenvalue weighted by Crippen LogP contribution is -2.42. The van der Waals surface area contributed by atoms with Crippen molar-refractivity contribution in [3.63, 3.8) is 0 Å². The molecule has 2 aromatic rings. The van der Waals surface area contributed by atoms with Gasteiger partial charge in [0.05, 0.1) is 0 Å². The van der Waals surface area contributed by atoms with Crippen molar-refractivity contribution >= 4 is 11.9 Å². The fourth-order valence-electron chi connectivity index (χ4n) is 2.82. The van der Waals surface area contributed by atoms with Gasteiger partial charge in [-0.25, -0.2) is 4.79 Å². The Labute approximate surface area is 157 Å². The van der Waals surface area contributed by atoms with Crippen LogP contribution in [0, 0.1) is 0 Å². The van der Waals surface area contributed by atoms with Crippen LogP contribution in [0.4, 0.5) is 4.79 Å². The van der Waals surface area contributed by atoms with Crippen LogP contribution >= 0.6 is 0 Å². The van der Waals surface area contributed by atoms with Crippen LogP contribution in [0.3, 0.4) is 0 Å². The third-order valence-electron chi connectivity index (χ3n) is 4.20. The summed E-state index contributed by atoms with van der Waals surface area (Å²) < 4.78 is 10.5. The van der Waals surface area contributed by atoms with Gasteiger partial charge < -0.3 is 14.5 Å². The molecule has 3 rings (SSSR count). The first kappa shape index (κ1) is 18.6. The van der Waals surface area contributed by atoms with Gasteiger partial charge in [0.25, 0.3) is 5.91 Å². The summed E-state index contributed by atoms with van der Waals surface area (Å²) in [5, 5.41) is 12.4. The second kappa shape index (κ2) is 9.51. The van der Waals surface area contributed by atoms with E-state index in [0.29, 0.717) is 18.2 Å². The summed E-state index contributed by atoms with van der Waals surface area (Å²) in [7, 11) is 0. The predicted molar refractivity (Wildman–Crippen MR) is 97.9 cm³/mol. The number of aromatic nitrogens is 2. The highest BCUT2D eigenvalue weighted by atomic mass is 16.5. The number of allylic oxidation sites excluding steroid dienone is 1. The number of nitrogens with zero attached hydrogens (tertiary/aromatic N) is 2. The van der Waals surface area contributed by atoms with E-state index in [0.717, 1.165) is 24.8 Å². The first-order chi connectivity index (χ1) is 13.2. The average Bonchev–Trinajstić information content (AvgIpc) is 3.22. The second-order valence-corrected chi connectivity index (χ2v) is 6.22. The lowest BCUT2D eigenvalue weighted by molar-refractivity contribution is -0.122. The molecular weight excluding hydrogens is 348 g/mol. The van der Waals surface area contributed by atoms with E-state index in [4.69, 9.17) is 9.15 Å². The summed E-state index contributed by atoms with van der Waals surface area (Å²) in [5.74, 6) is 0.392. The van der Waals surface area contributed by atoms with Gasteiger partial charge in [-0.1, -0.05) is 11.6 Å². The fourth-order valence-corrected chi connectivity index (χ4v) is 2.82. The van der Waals surface area contributed by atoms with Crippen LogP contribution in [-0.2, 0) is 4.79 Å². The molecule has 3 amide bonds. The Bertz CT molecular complexity index is 785. The third-order valence-corrected chi connectivity index (χ3v) is 4.20. The van der Waals surface area contributed by atoms with E-state index >= 15 is 0 Å². The van der Waals surface area contributed by atoms with Gasteiger partial charge in [0.1, 0.15) is 5.75 Å². The molecule has 0 atom stereocenters. The van der Waals surface area contributed by atoms with Crippen LogP contribution in [0.25, 0.3) is 11.5 Å². The Morgan fingerprint density at radius 1 is 1.19 bits per heavy atom. The molecule has 0 unspecified atom stereocenters. The molecular formula is C19H22N4O4. The summed E-state index contributed by atoms with van der Waals surface area (Å²) in [6, 6.07) is 6.35. The molecule has 1 aromatic carbocycles. The molecule has 0 bridgehead atoms. The zero-order chi connectivity index (χ0) is 18.9. The molecule has 1 heterocycles. The molecule has 2 N–H and O–H groups in total. The molecule has 1 aromatic heterocycles. The van der Waals surface area contributed by atoms with Crippen LogP contribution in [-0.4, -0.2) is 35.3 Å². The van der Waals surface area contributed by atoms with Gasteiger partial charge >= 0.3 is 6.03 Å². The second-order valence-electron chi connectivity index (χ2n) is 6.22. The van der Waals surface area contributed by atoms with Crippen LogP contribution in [0.2, 0.25) is 0 Å². The minimum Gasteiger partial charge on any atom is -0.484 e. The Morgan fingerprint density at radius 2 is 2.04 bits per heavy atom. The van der Waals surface area contributed by atoms with Crippen molar-refractivity contribution in [2.75, 3.05) is 13.2 Å². The summed E-state index contributed by atoms with van der Waals surface area (Å²) in [6.45, 7) is 0.265. The van der Waals surface area contributed by atoms with Gasteiger partial charge in [0.2, 0.25) is 12.3 Å². The molecule has 0 saturated carbocycles. The normalized spacial score (nSPS) is 13.6. The molecule has 0 saturated heterocycles. The van der Waals surface area contributed by atoms with E-state index in [9.17, 15) is 9.59 Å². The van der Waals surface area contributed by atoms with E-state index in [-0.39, 0.29) is 6.61 Å². The number of urea groups is 1. The number of carbonyl (C=O) groups is 2. The van der Waals surface area contributed by atoms with Crippen molar-refractivity contribution in [1.29, 1.82) is 0 Å². The maximum atomic E-state index is 11.8. The Balaban J connectivity index is 1.35. The average molecular weight is 370 g/mol. The molecule has 27 heavy (non-hydrogen) atoms. The lowest BCUT2D eigenvalue weighted by atomic mass is 9.97. The van der Waals surface area contributed by atoms with Gasteiger partial charge in [-0.15, -0.1) is 10.2 Å². The Morgan fingerprint density at radius 3 is 2.74 bits per heavy atom. The zero-order valence-electron chi connectivity index (χ0n) is 14.9. The van der Waals surface area contributed by atoms with E-state index in [1.807, 2.05) is 0 Å². The molecule has 8 heteroatoms. The molecule has 0 spiro atoms. The number of nitrogens with one attached hydrogen (secondary N) is 2. The van der Waals surface area contributed by atoms with Crippen molar-refractivity contribution in [3.05, 3.63) is 42.3 Å². The fraction of sp³-hybridized carbons (Fsp3) is 0.368. The van der Waals surface area contributed by atoms with Crippen LogP contribution in [0.15, 0.2) is 46.7 Å². The smallest absolute Gasteiger partial charge is 0.321 e. The van der Waals surface area contributed by atoms with Gasteiger partial charge in [-0.3, -0.25) is 10.1 Å². The van der Waals surface area contributed by atoms with E-state index < -0.39 is 11.9 Å². The Kier molecular flexibility index (Phi) is 6.56. The third kappa shape index (κ3) is 5.95. The molecule has 1 aliphatic rings. The van der Waals surface area contributed by atoms with Crippen molar-refractivity contribution in [2.45, 2.75) is 32.1 Å². The summed E-state index contributed by atoms with van der Waals surface area (Å²) >= 11 is 0. The van der Waals surface area contributed by atoms with Crippen molar-refractivity contribution in [3.8, 4) is 17.2 Å². The summed E-state index contributed by atoms with van der Waals surface area (Å²) in [6.07, 6.45) is 8.99. The molecule has 0 fully saturated rings. The number of rotatable bonds is 7. The van der Waals surface area contributed by atoms with Gasteiger partial charge in [-0.2, -0.15) is 0 Å². The van der Waals surface area contributed by atoms with Gasteiger partial charge in [0, 0.05) is 12.1 Å². The zero-order valence-corrected chi connectivity index (χ0v) is 14.9. The molecule has 1 aliphatic carbocycles. The highest BCUT2D eigenvalue weighted by Gasteiger charge is 2.10. The molecule has 142 valence electrons. The minimum absolute atomic E-state index is 0.252. The number of imide groups is 1. The topological polar surface area (TPSA) is 106 Å². The SMILES string of the molecule is O=C(COc1ccc(-c2nnco2)cc1)NC(=O)NCCC1=CCCCC1.